The minimum atomic E-state index is -0.336. The maximum Gasteiger partial charge on any atom is 0.328 e. The summed E-state index contributed by atoms with van der Waals surface area (Å²) in [5, 5.41) is 6.20. The minimum absolute atomic E-state index is 0.134. The van der Waals surface area contributed by atoms with Crippen LogP contribution >= 0.6 is 0 Å². The molecule has 1 saturated heterocycles. The molecular weight excluding hydrogens is 314 g/mol. The first-order valence-corrected chi connectivity index (χ1v) is 9.72. The molecule has 0 aromatic heterocycles. The van der Waals surface area contributed by atoms with Crippen molar-refractivity contribution in [3.63, 3.8) is 0 Å². The van der Waals surface area contributed by atoms with Crippen LogP contribution in [0.5, 0.6) is 0 Å². The molecule has 0 radical (unpaired) electrons. The molecular formula is C20H37N3O2. The van der Waals surface area contributed by atoms with Crippen molar-refractivity contribution in [1.29, 1.82) is 0 Å². The lowest BCUT2D eigenvalue weighted by Crippen LogP contribution is -2.54. The Morgan fingerprint density at radius 1 is 1.12 bits per heavy atom. The number of rotatable bonds is 8. The molecule has 0 saturated carbocycles. The highest BCUT2D eigenvalue weighted by atomic mass is 16.2. The third-order valence-corrected chi connectivity index (χ3v) is 4.42. The molecule has 0 unspecified atom stereocenters. The zero-order valence-electron chi connectivity index (χ0n) is 16.8. The molecule has 0 aromatic rings. The monoisotopic (exact) mass is 351 g/mol. The highest BCUT2D eigenvalue weighted by Gasteiger charge is 2.39. The number of nitrogens with one attached hydrogen (secondary N) is 2. The van der Waals surface area contributed by atoms with E-state index < -0.39 is 0 Å². The van der Waals surface area contributed by atoms with Gasteiger partial charge in [-0.15, -0.1) is 0 Å². The number of carbonyl (C=O) groups is 2. The van der Waals surface area contributed by atoms with E-state index in [1.54, 1.807) is 6.20 Å². The highest BCUT2D eigenvalue weighted by Crippen LogP contribution is 2.22. The summed E-state index contributed by atoms with van der Waals surface area (Å²) in [6.45, 7) is 10.6. The van der Waals surface area contributed by atoms with Crippen molar-refractivity contribution in [2.75, 3.05) is 6.54 Å². The second kappa shape index (κ2) is 9.95. The molecule has 5 heteroatoms. The topological polar surface area (TPSA) is 61.4 Å². The van der Waals surface area contributed by atoms with E-state index in [4.69, 9.17) is 0 Å². The van der Waals surface area contributed by atoms with Gasteiger partial charge < -0.3 is 10.6 Å². The Kier molecular flexibility index (Phi) is 8.63. The molecule has 1 rings (SSSR count). The van der Waals surface area contributed by atoms with Crippen molar-refractivity contribution >= 4 is 11.9 Å². The van der Waals surface area contributed by atoms with Crippen molar-refractivity contribution in [2.24, 2.45) is 0 Å². The van der Waals surface area contributed by atoms with Gasteiger partial charge >= 0.3 is 6.03 Å². The number of hydrogen-bond donors (Lipinski definition) is 2. The van der Waals surface area contributed by atoms with Crippen molar-refractivity contribution < 1.29 is 9.59 Å². The Morgan fingerprint density at radius 2 is 1.76 bits per heavy atom. The van der Waals surface area contributed by atoms with Gasteiger partial charge in [0.15, 0.2) is 0 Å². The number of urea groups is 1. The SMILES string of the molecule is CCCCCCCCC=CNC(=O)N1CC(C)(C)NC(C)(C)CC1=O. The van der Waals surface area contributed by atoms with Crippen LogP contribution in [0.3, 0.4) is 0 Å². The average molecular weight is 352 g/mol. The predicted octanol–water partition coefficient (Wildman–Crippen LogP) is 4.34. The fraction of sp³-hybridized carbons (Fsp3) is 0.800. The van der Waals surface area contributed by atoms with E-state index in [0.29, 0.717) is 13.0 Å². The molecule has 0 bridgehead atoms. The van der Waals surface area contributed by atoms with Crippen LogP contribution in [-0.2, 0) is 4.79 Å². The van der Waals surface area contributed by atoms with Gasteiger partial charge in [-0.2, -0.15) is 0 Å². The zero-order chi connectivity index (χ0) is 18.9. The first-order valence-electron chi connectivity index (χ1n) is 9.72. The summed E-state index contributed by atoms with van der Waals surface area (Å²) in [5.74, 6) is -0.134. The van der Waals surface area contributed by atoms with E-state index in [1.165, 1.54) is 37.0 Å². The average Bonchev–Trinajstić information content (AvgIpc) is 2.57. The number of carbonyl (C=O) groups excluding carboxylic acids is 2. The first-order chi connectivity index (χ1) is 11.7. The summed E-state index contributed by atoms with van der Waals surface area (Å²) in [4.78, 5) is 26.1. The quantitative estimate of drug-likeness (QED) is 0.640. The normalized spacial score (nSPS) is 19.9. The van der Waals surface area contributed by atoms with E-state index in [9.17, 15) is 9.59 Å². The number of unbranched alkanes of at least 4 members (excludes halogenated alkanes) is 6. The molecule has 144 valence electrons. The van der Waals surface area contributed by atoms with Gasteiger partial charge in [-0.25, -0.2) is 4.79 Å². The Balaban J connectivity index is 2.40. The van der Waals surface area contributed by atoms with Gasteiger partial charge in [0.2, 0.25) is 5.91 Å². The third-order valence-electron chi connectivity index (χ3n) is 4.42. The molecule has 1 heterocycles. The second-order valence-corrected chi connectivity index (χ2v) is 8.46. The van der Waals surface area contributed by atoms with Gasteiger partial charge in [0.05, 0.1) is 0 Å². The van der Waals surface area contributed by atoms with Crippen LogP contribution in [-0.4, -0.2) is 34.5 Å². The first kappa shape index (κ1) is 21.7. The standard InChI is InChI=1S/C20H37N3O2/c1-6-7-8-9-10-11-12-13-14-21-18(25)23-16-20(4,5)22-19(2,3)15-17(23)24/h13-14,22H,6-12,15-16H2,1-5H3,(H,21,25). The zero-order valence-corrected chi connectivity index (χ0v) is 16.8. The lowest BCUT2D eigenvalue weighted by atomic mass is 9.96. The Labute approximate surface area is 153 Å². The van der Waals surface area contributed by atoms with Gasteiger partial charge in [0.25, 0.3) is 0 Å². The maximum absolute atomic E-state index is 12.4. The van der Waals surface area contributed by atoms with Crippen LogP contribution in [0.2, 0.25) is 0 Å². The molecule has 0 aliphatic carbocycles. The van der Waals surface area contributed by atoms with Gasteiger partial charge in [-0.3, -0.25) is 9.69 Å². The van der Waals surface area contributed by atoms with Gasteiger partial charge in [0, 0.05) is 30.2 Å². The number of imide groups is 1. The van der Waals surface area contributed by atoms with Crippen molar-refractivity contribution in [1.82, 2.24) is 15.5 Å². The molecule has 0 spiro atoms. The van der Waals surface area contributed by atoms with Gasteiger partial charge in [-0.1, -0.05) is 45.1 Å². The molecule has 1 fully saturated rings. The lowest BCUT2D eigenvalue weighted by molar-refractivity contribution is -0.128. The predicted molar refractivity (Wildman–Crippen MR) is 103 cm³/mol. The van der Waals surface area contributed by atoms with Gasteiger partial charge in [0.1, 0.15) is 0 Å². The minimum Gasteiger partial charge on any atom is -0.314 e. The van der Waals surface area contributed by atoms with Crippen molar-refractivity contribution in [3.05, 3.63) is 12.3 Å². The van der Waals surface area contributed by atoms with Crippen LogP contribution in [0.4, 0.5) is 4.79 Å². The molecule has 5 nitrogen and oxygen atoms in total. The fourth-order valence-electron chi connectivity index (χ4n) is 3.48. The summed E-state index contributed by atoms with van der Waals surface area (Å²) in [5.41, 5.74) is -0.627. The van der Waals surface area contributed by atoms with E-state index in [0.717, 1.165) is 12.8 Å². The summed E-state index contributed by atoms with van der Waals surface area (Å²) in [6, 6.07) is -0.336. The summed E-state index contributed by atoms with van der Waals surface area (Å²) in [6.07, 6.45) is 12.5. The number of allylic oxidation sites excluding steroid dienone is 1. The summed E-state index contributed by atoms with van der Waals surface area (Å²) in [7, 11) is 0. The van der Waals surface area contributed by atoms with Crippen LogP contribution in [0.15, 0.2) is 12.3 Å². The van der Waals surface area contributed by atoms with E-state index in [2.05, 4.69) is 17.6 Å². The van der Waals surface area contributed by atoms with Crippen molar-refractivity contribution in [2.45, 2.75) is 97.1 Å². The number of amides is 3. The molecule has 0 aromatic carbocycles. The summed E-state index contributed by atoms with van der Waals surface area (Å²) < 4.78 is 0. The van der Waals surface area contributed by atoms with Crippen LogP contribution < -0.4 is 10.6 Å². The van der Waals surface area contributed by atoms with E-state index >= 15 is 0 Å². The molecule has 0 atom stereocenters. The summed E-state index contributed by atoms with van der Waals surface area (Å²) >= 11 is 0. The van der Waals surface area contributed by atoms with E-state index in [-0.39, 0.29) is 23.0 Å². The second-order valence-electron chi connectivity index (χ2n) is 8.46. The Hall–Kier alpha value is -1.36. The van der Waals surface area contributed by atoms with Crippen molar-refractivity contribution in [3.8, 4) is 0 Å². The lowest BCUT2D eigenvalue weighted by Gasteiger charge is -2.34. The van der Waals surface area contributed by atoms with E-state index in [1.807, 2.05) is 33.8 Å². The molecule has 3 amide bonds. The molecule has 2 N–H and O–H groups in total. The number of nitrogens with zero attached hydrogens (tertiary/aromatic N) is 1. The largest absolute Gasteiger partial charge is 0.328 e. The third kappa shape index (κ3) is 8.52. The maximum atomic E-state index is 12.4. The fourth-order valence-corrected chi connectivity index (χ4v) is 3.48. The van der Waals surface area contributed by atoms with Crippen LogP contribution in [0, 0.1) is 0 Å². The highest BCUT2D eigenvalue weighted by molar-refractivity contribution is 5.95. The van der Waals surface area contributed by atoms with Crippen LogP contribution in [0.25, 0.3) is 0 Å². The van der Waals surface area contributed by atoms with Crippen LogP contribution in [0.1, 0.15) is 86.0 Å². The molecule has 1 aliphatic heterocycles. The molecule has 25 heavy (non-hydrogen) atoms. The van der Waals surface area contributed by atoms with Gasteiger partial charge in [-0.05, 0) is 40.5 Å². The smallest absolute Gasteiger partial charge is 0.314 e. The Bertz CT molecular complexity index is 470. The molecule has 1 aliphatic rings. The Morgan fingerprint density at radius 3 is 2.44 bits per heavy atom. The number of hydrogen-bond acceptors (Lipinski definition) is 3.